The summed E-state index contributed by atoms with van der Waals surface area (Å²) in [4.78, 5) is 13.4. The van der Waals surface area contributed by atoms with E-state index in [-0.39, 0.29) is 5.76 Å². The number of allylic oxidation sites excluding steroid dienone is 4. The number of nitrogens with zero attached hydrogens (tertiary/aromatic N) is 1. The highest BCUT2D eigenvalue weighted by molar-refractivity contribution is 6.30. The maximum atomic E-state index is 11.1. The molecular formula is C15H22ClNO2. The van der Waals surface area contributed by atoms with Crippen molar-refractivity contribution in [2.45, 2.75) is 32.6 Å². The zero-order valence-corrected chi connectivity index (χ0v) is 12.4. The van der Waals surface area contributed by atoms with E-state index in [0.29, 0.717) is 23.3 Å². The Hall–Kier alpha value is -1.06. The van der Waals surface area contributed by atoms with Crippen LogP contribution in [0, 0.1) is 0 Å². The van der Waals surface area contributed by atoms with Crippen molar-refractivity contribution in [1.29, 1.82) is 0 Å². The van der Waals surface area contributed by atoms with E-state index < -0.39 is 0 Å². The summed E-state index contributed by atoms with van der Waals surface area (Å²) in [6.45, 7) is 4.08. The second-order valence-electron chi connectivity index (χ2n) is 4.82. The average molecular weight is 284 g/mol. The molecule has 0 saturated heterocycles. The summed E-state index contributed by atoms with van der Waals surface area (Å²) in [6, 6.07) is 0. The molecule has 0 heterocycles. The molecule has 1 aliphatic carbocycles. The minimum Gasteiger partial charge on any atom is -0.506 e. The molecule has 1 rings (SSSR count). The van der Waals surface area contributed by atoms with E-state index in [1.807, 2.05) is 12.2 Å². The van der Waals surface area contributed by atoms with E-state index in [1.54, 1.807) is 0 Å². The lowest BCUT2D eigenvalue weighted by Gasteiger charge is -2.16. The molecule has 1 aliphatic rings. The van der Waals surface area contributed by atoms with Gasteiger partial charge < -0.3 is 10.0 Å². The van der Waals surface area contributed by atoms with Gasteiger partial charge in [-0.15, -0.1) is 0 Å². The number of aldehydes is 1. The molecule has 0 aromatic rings. The van der Waals surface area contributed by atoms with Crippen molar-refractivity contribution in [3.8, 4) is 0 Å². The minimum absolute atomic E-state index is 0.0760. The van der Waals surface area contributed by atoms with Crippen LogP contribution in [0.25, 0.3) is 0 Å². The van der Waals surface area contributed by atoms with Gasteiger partial charge in [-0.25, -0.2) is 0 Å². The van der Waals surface area contributed by atoms with Crippen molar-refractivity contribution in [3.05, 3.63) is 34.1 Å². The molecule has 19 heavy (non-hydrogen) atoms. The Bertz CT molecular complexity index is 410. The number of aliphatic hydroxyl groups excluding tert-OH is 1. The Morgan fingerprint density at radius 3 is 2.84 bits per heavy atom. The van der Waals surface area contributed by atoms with Crippen LogP contribution >= 0.6 is 11.6 Å². The maximum absolute atomic E-state index is 11.1. The van der Waals surface area contributed by atoms with Gasteiger partial charge in [0.1, 0.15) is 5.76 Å². The fraction of sp³-hybridized carbons (Fsp3) is 0.533. The molecule has 0 amide bonds. The number of hydrogen-bond donors (Lipinski definition) is 1. The molecule has 106 valence electrons. The van der Waals surface area contributed by atoms with Gasteiger partial charge in [-0.1, -0.05) is 37.1 Å². The molecule has 3 nitrogen and oxygen atoms in total. The van der Waals surface area contributed by atoms with Crippen LogP contribution in [-0.2, 0) is 4.79 Å². The minimum atomic E-state index is -0.0760. The Kier molecular flexibility index (Phi) is 6.89. The number of hydrogen-bond acceptors (Lipinski definition) is 3. The predicted molar refractivity (Wildman–Crippen MR) is 79.4 cm³/mol. The highest BCUT2D eigenvalue weighted by Crippen LogP contribution is 2.26. The third-order valence-electron chi connectivity index (χ3n) is 3.25. The summed E-state index contributed by atoms with van der Waals surface area (Å²) in [5, 5.41) is 10.2. The molecule has 0 atom stereocenters. The van der Waals surface area contributed by atoms with Crippen LogP contribution < -0.4 is 0 Å². The standard InChI is InChI=1S/C15H22ClNO2/c1-3-4-9-17(2)10-8-12-6-5-7-14(16)15(19)13(12)11-18/h5-6,11,19H,3-4,7-10H2,1-2H3. The molecule has 0 bridgehead atoms. The number of halogens is 1. The number of unbranched alkanes of at least 4 members (excludes halogenated alkanes) is 1. The second kappa shape index (κ2) is 8.18. The summed E-state index contributed by atoms with van der Waals surface area (Å²) in [7, 11) is 2.07. The fourth-order valence-electron chi connectivity index (χ4n) is 1.99. The highest BCUT2D eigenvalue weighted by Gasteiger charge is 2.15. The van der Waals surface area contributed by atoms with Crippen LogP contribution in [0.4, 0.5) is 0 Å². The smallest absolute Gasteiger partial charge is 0.154 e. The van der Waals surface area contributed by atoms with Crippen LogP contribution in [0.1, 0.15) is 32.6 Å². The molecule has 0 fully saturated rings. The zero-order chi connectivity index (χ0) is 14.3. The van der Waals surface area contributed by atoms with E-state index in [9.17, 15) is 9.90 Å². The van der Waals surface area contributed by atoms with Gasteiger partial charge in [0.2, 0.25) is 0 Å². The van der Waals surface area contributed by atoms with Gasteiger partial charge >= 0.3 is 0 Å². The first-order chi connectivity index (χ1) is 9.10. The Morgan fingerprint density at radius 2 is 2.21 bits per heavy atom. The first kappa shape index (κ1) is 16.0. The monoisotopic (exact) mass is 283 g/mol. The summed E-state index contributed by atoms with van der Waals surface area (Å²) < 4.78 is 0. The van der Waals surface area contributed by atoms with Crippen molar-refractivity contribution in [2.75, 3.05) is 20.1 Å². The molecule has 0 aromatic heterocycles. The van der Waals surface area contributed by atoms with Gasteiger partial charge in [0.25, 0.3) is 0 Å². The van der Waals surface area contributed by atoms with Crippen LogP contribution in [0.2, 0.25) is 0 Å². The van der Waals surface area contributed by atoms with E-state index in [0.717, 1.165) is 25.1 Å². The van der Waals surface area contributed by atoms with E-state index >= 15 is 0 Å². The van der Waals surface area contributed by atoms with E-state index in [1.165, 1.54) is 12.8 Å². The highest BCUT2D eigenvalue weighted by atomic mass is 35.5. The lowest BCUT2D eigenvalue weighted by molar-refractivity contribution is -0.104. The van der Waals surface area contributed by atoms with Gasteiger partial charge in [0.05, 0.1) is 10.6 Å². The van der Waals surface area contributed by atoms with Crippen molar-refractivity contribution < 1.29 is 9.90 Å². The molecule has 1 N–H and O–H groups in total. The molecule has 0 radical (unpaired) electrons. The predicted octanol–water partition coefficient (Wildman–Crippen LogP) is 3.57. The summed E-state index contributed by atoms with van der Waals surface area (Å²) >= 11 is 5.92. The van der Waals surface area contributed by atoms with Crippen LogP contribution in [0.3, 0.4) is 0 Å². The largest absolute Gasteiger partial charge is 0.506 e. The lowest BCUT2D eigenvalue weighted by atomic mass is 10.0. The Balaban J connectivity index is 2.73. The first-order valence-electron chi connectivity index (χ1n) is 6.71. The molecular weight excluding hydrogens is 262 g/mol. The average Bonchev–Trinajstić information content (AvgIpc) is 2.54. The summed E-state index contributed by atoms with van der Waals surface area (Å²) in [5.74, 6) is -0.0760. The molecule has 0 aromatic carbocycles. The van der Waals surface area contributed by atoms with Gasteiger partial charge in [-0.3, -0.25) is 4.79 Å². The lowest BCUT2D eigenvalue weighted by Crippen LogP contribution is -2.21. The molecule has 4 heteroatoms. The van der Waals surface area contributed by atoms with Crippen LogP contribution in [-0.4, -0.2) is 36.4 Å². The van der Waals surface area contributed by atoms with Crippen LogP contribution in [0.15, 0.2) is 34.1 Å². The van der Waals surface area contributed by atoms with E-state index in [2.05, 4.69) is 18.9 Å². The van der Waals surface area contributed by atoms with Crippen molar-refractivity contribution >= 4 is 17.9 Å². The SMILES string of the molecule is CCCCN(C)CCC1=C(C=O)C(O)=C(Cl)CC=C1. The quantitative estimate of drug-likeness (QED) is 0.726. The second-order valence-corrected chi connectivity index (χ2v) is 5.28. The van der Waals surface area contributed by atoms with Crippen molar-refractivity contribution in [1.82, 2.24) is 4.90 Å². The summed E-state index contributed by atoms with van der Waals surface area (Å²) in [5.41, 5.74) is 1.18. The number of aliphatic hydroxyl groups is 1. The third-order valence-corrected chi connectivity index (χ3v) is 3.58. The van der Waals surface area contributed by atoms with Gasteiger partial charge in [0, 0.05) is 13.0 Å². The molecule has 0 saturated carbocycles. The Labute approximate surface area is 120 Å². The number of carbonyl (C=O) groups is 1. The molecule has 0 unspecified atom stereocenters. The van der Waals surface area contributed by atoms with Crippen molar-refractivity contribution in [3.63, 3.8) is 0 Å². The fourth-order valence-corrected chi connectivity index (χ4v) is 2.18. The summed E-state index contributed by atoms with van der Waals surface area (Å²) in [6.07, 6.45) is 8.02. The van der Waals surface area contributed by atoms with Gasteiger partial charge in [0.15, 0.2) is 6.29 Å². The van der Waals surface area contributed by atoms with E-state index in [4.69, 9.17) is 11.6 Å². The number of rotatable bonds is 7. The first-order valence-corrected chi connectivity index (χ1v) is 7.09. The Morgan fingerprint density at radius 1 is 1.47 bits per heavy atom. The number of carbonyl (C=O) groups excluding carboxylic acids is 1. The topological polar surface area (TPSA) is 40.5 Å². The molecule has 0 spiro atoms. The zero-order valence-electron chi connectivity index (χ0n) is 11.7. The van der Waals surface area contributed by atoms with Crippen LogP contribution in [0.5, 0.6) is 0 Å². The molecule has 0 aliphatic heterocycles. The van der Waals surface area contributed by atoms with Gasteiger partial charge in [-0.05, 0) is 32.0 Å². The van der Waals surface area contributed by atoms with Crippen molar-refractivity contribution in [2.24, 2.45) is 0 Å². The normalized spacial score (nSPS) is 16.2. The third kappa shape index (κ3) is 4.84. The van der Waals surface area contributed by atoms with Gasteiger partial charge in [-0.2, -0.15) is 0 Å². The maximum Gasteiger partial charge on any atom is 0.154 e.